The Balaban J connectivity index is 2.10. The van der Waals surface area contributed by atoms with E-state index in [1.165, 1.54) is 12.8 Å². The number of likely N-dealkylation sites (tertiary alicyclic amines) is 2. The largest absolute Gasteiger partial charge is 0.369 e. The lowest BCUT2D eigenvalue weighted by Gasteiger charge is -2.20. The zero-order valence-corrected chi connectivity index (χ0v) is 10.3. The van der Waals surface area contributed by atoms with Crippen LogP contribution in [0.5, 0.6) is 0 Å². The van der Waals surface area contributed by atoms with Gasteiger partial charge >= 0.3 is 0 Å². The molecular weight excluding hydrogens is 212 g/mol. The van der Waals surface area contributed by atoms with Gasteiger partial charge in [-0.3, -0.25) is 0 Å². The normalized spacial score (nSPS) is 33.3. The lowest BCUT2D eigenvalue weighted by Crippen LogP contribution is -2.29. The van der Waals surface area contributed by atoms with Crippen LogP contribution in [0.15, 0.2) is 0 Å². The van der Waals surface area contributed by atoms with Gasteiger partial charge in [0.05, 0.1) is 9.98 Å². The van der Waals surface area contributed by atoms with Crippen LogP contribution in [0.25, 0.3) is 0 Å². The van der Waals surface area contributed by atoms with Gasteiger partial charge in [0.25, 0.3) is 0 Å². The van der Waals surface area contributed by atoms with Gasteiger partial charge in [-0.05, 0) is 12.8 Å². The molecule has 0 aromatic carbocycles. The molecule has 0 aromatic rings. The molecule has 14 heavy (non-hydrogen) atoms. The monoisotopic (exact) mass is 228 g/mol. The summed E-state index contributed by atoms with van der Waals surface area (Å²) >= 11 is 10.9. The molecule has 0 radical (unpaired) electrons. The highest BCUT2D eigenvalue weighted by Gasteiger charge is 2.38. The van der Waals surface area contributed by atoms with Crippen LogP contribution in [-0.4, -0.2) is 47.0 Å². The summed E-state index contributed by atoms with van der Waals surface area (Å²) in [7, 11) is 4.17. The minimum atomic E-state index is 0.535. The molecule has 2 atom stereocenters. The molecule has 0 saturated carbocycles. The number of rotatable bonds is 1. The fraction of sp³-hybridized carbons (Fsp3) is 0.800. The van der Waals surface area contributed by atoms with Gasteiger partial charge in [-0.1, -0.05) is 24.4 Å². The van der Waals surface area contributed by atoms with Crippen molar-refractivity contribution in [3.63, 3.8) is 0 Å². The van der Waals surface area contributed by atoms with Gasteiger partial charge in [0.2, 0.25) is 0 Å². The third kappa shape index (κ3) is 1.54. The average molecular weight is 228 g/mol. The number of hydrogen-bond acceptors (Lipinski definition) is 2. The number of hydrogen-bond donors (Lipinski definition) is 0. The first kappa shape index (κ1) is 10.3. The Kier molecular flexibility index (Phi) is 2.75. The van der Waals surface area contributed by atoms with Crippen LogP contribution in [0.4, 0.5) is 0 Å². The Labute approximate surface area is 96.2 Å². The summed E-state index contributed by atoms with van der Waals surface area (Å²) in [6.07, 6.45) is 2.38. The van der Waals surface area contributed by atoms with Gasteiger partial charge in [0.15, 0.2) is 0 Å². The molecule has 0 unspecified atom stereocenters. The first-order chi connectivity index (χ1) is 6.61. The van der Waals surface area contributed by atoms with Crippen LogP contribution in [0.3, 0.4) is 0 Å². The molecule has 0 aromatic heterocycles. The molecule has 0 bridgehead atoms. The second kappa shape index (κ2) is 3.74. The van der Waals surface area contributed by atoms with Crippen molar-refractivity contribution < 1.29 is 0 Å². The SMILES string of the molecule is CN1CC[C@@H]([C@@H]2CCN(C)C2=S)C1=S. The Morgan fingerprint density at radius 3 is 1.50 bits per heavy atom. The Morgan fingerprint density at radius 2 is 1.29 bits per heavy atom. The molecule has 2 aliphatic rings. The van der Waals surface area contributed by atoms with E-state index in [1.54, 1.807) is 0 Å². The van der Waals surface area contributed by atoms with Crippen LogP contribution in [0.1, 0.15) is 12.8 Å². The van der Waals surface area contributed by atoms with E-state index in [4.69, 9.17) is 24.4 Å². The van der Waals surface area contributed by atoms with E-state index >= 15 is 0 Å². The highest BCUT2D eigenvalue weighted by Crippen LogP contribution is 2.33. The third-order valence-electron chi connectivity index (χ3n) is 3.42. The summed E-state index contributed by atoms with van der Waals surface area (Å²) in [5.41, 5.74) is 0. The predicted octanol–water partition coefficient (Wildman–Crippen LogP) is 1.54. The first-order valence-electron chi connectivity index (χ1n) is 5.11. The van der Waals surface area contributed by atoms with Crippen molar-refractivity contribution in [2.75, 3.05) is 27.2 Å². The standard InChI is InChI=1S/C10H16N2S2/c1-11-5-3-7(9(11)13)8-4-6-12(2)10(8)14/h7-8H,3-6H2,1-2H3/t7-,8-/m0/s1. The molecule has 2 saturated heterocycles. The van der Waals surface area contributed by atoms with Crippen molar-refractivity contribution in [1.82, 2.24) is 9.80 Å². The van der Waals surface area contributed by atoms with Crippen LogP contribution in [0.2, 0.25) is 0 Å². The van der Waals surface area contributed by atoms with Crippen LogP contribution in [0, 0.1) is 11.8 Å². The highest BCUT2D eigenvalue weighted by molar-refractivity contribution is 7.80. The summed E-state index contributed by atoms with van der Waals surface area (Å²) < 4.78 is 0. The van der Waals surface area contributed by atoms with E-state index in [-0.39, 0.29) is 0 Å². The Morgan fingerprint density at radius 1 is 0.929 bits per heavy atom. The van der Waals surface area contributed by atoms with E-state index in [1.807, 2.05) is 0 Å². The summed E-state index contributed by atoms with van der Waals surface area (Å²) in [4.78, 5) is 6.63. The molecule has 4 heteroatoms. The lowest BCUT2D eigenvalue weighted by molar-refractivity contribution is 0.512. The first-order valence-corrected chi connectivity index (χ1v) is 5.93. The molecule has 2 heterocycles. The van der Waals surface area contributed by atoms with Crippen molar-refractivity contribution in [2.45, 2.75) is 12.8 Å². The molecule has 0 aliphatic carbocycles. The van der Waals surface area contributed by atoms with Crippen molar-refractivity contribution >= 4 is 34.4 Å². The zero-order chi connectivity index (χ0) is 10.3. The Bertz CT molecular complexity index is 249. The second-order valence-electron chi connectivity index (χ2n) is 4.31. The van der Waals surface area contributed by atoms with E-state index in [2.05, 4.69) is 23.9 Å². The van der Waals surface area contributed by atoms with Crippen molar-refractivity contribution in [2.24, 2.45) is 11.8 Å². The summed E-state index contributed by atoms with van der Waals surface area (Å²) in [5, 5.41) is 0. The van der Waals surface area contributed by atoms with Crippen LogP contribution in [-0.2, 0) is 0 Å². The predicted molar refractivity (Wildman–Crippen MR) is 66.7 cm³/mol. The smallest absolute Gasteiger partial charge is 0.0815 e. The molecule has 0 spiro atoms. The third-order valence-corrected chi connectivity index (χ3v) is 4.65. The van der Waals surface area contributed by atoms with Gasteiger partial charge in [-0.25, -0.2) is 0 Å². The topological polar surface area (TPSA) is 6.48 Å². The van der Waals surface area contributed by atoms with Gasteiger partial charge < -0.3 is 9.80 Å². The molecule has 2 fully saturated rings. The van der Waals surface area contributed by atoms with Gasteiger partial charge in [-0.15, -0.1) is 0 Å². The number of nitrogens with zero attached hydrogens (tertiary/aromatic N) is 2. The fourth-order valence-corrected chi connectivity index (χ4v) is 3.19. The van der Waals surface area contributed by atoms with E-state index < -0.39 is 0 Å². The average Bonchev–Trinajstić information content (AvgIpc) is 2.63. The van der Waals surface area contributed by atoms with Gasteiger partial charge in [0, 0.05) is 39.0 Å². The maximum Gasteiger partial charge on any atom is 0.0815 e. The molecule has 2 rings (SSSR count). The molecule has 2 aliphatic heterocycles. The second-order valence-corrected chi connectivity index (χ2v) is 5.15. The van der Waals surface area contributed by atoms with Crippen LogP contribution >= 0.6 is 24.4 Å². The molecule has 0 amide bonds. The quantitative estimate of drug-likeness (QED) is 0.628. The van der Waals surface area contributed by atoms with E-state index in [0.717, 1.165) is 23.1 Å². The van der Waals surface area contributed by atoms with Crippen molar-refractivity contribution in [1.29, 1.82) is 0 Å². The molecule has 2 nitrogen and oxygen atoms in total. The number of thiocarbonyl (C=S) groups is 2. The molecule has 0 N–H and O–H groups in total. The van der Waals surface area contributed by atoms with Crippen molar-refractivity contribution in [3.05, 3.63) is 0 Å². The maximum absolute atomic E-state index is 5.44. The fourth-order valence-electron chi connectivity index (χ4n) is 2.45. The highest BCUT2D eigenvalue weighted by atomic mass is 32.1. The summed E-state index contributed by atoms with van der Waals surface area (Å²) in [5.74, 6) is 1.07. The summed E-state index contributed by atoms with van der Waals surface area (Å²) in [6, 6.07) is 0. The van der Waals surface area contributed by atoms with E-state index in [0.29, 0.717) is 11.8 Å². The van der Waals surface area contributed by atoms with Crippen molar-refractivity contribution in [3.8, 4) is 0 Å². The Hall–Kier alpha value is -0.220. The van der Waals surface area contributed by atoms with Gasteiger partial charge in [0.1, 0.15) is 0 Å². The minimum absolute atomic E-state index is 0.535. The van der Waals surface area contributed by atoms with E-state index in [9.17, 15) is 0 Å². The maximum atomic E-state index is 5.44. The zero-order valence-electron chi connectivity index (χ0n) is 8.69. The summed E-state index contributed by atoms with van der Waals surface area (Å²) in [6.45, 7) is 2.21. The lowest BCUT2D eigenvalue weighted by atomic mass is 9.91. The minimum Gasteiger partial charge on any atom is -0.369 e. The van der Waals surface area contributed by atoms with Crippen LogP contribution < -0.4 is 0 Å². The van der Waals surface area contributed by atoms with Gasteiger partial charge in [-0.2, -0.15) is 0 Å². The molecule has 78 valence electrons. The molecular formula is C10H16N2S2.